The highest BCUT2D eigenvalue weighted by molar-refractivity contribution is 7.53. The first-order chi connectivity index (χ1) is 14.2. The van der Waals surface area contributed by atoms with Gasteiger partial charge in [-0.25, -0.2) is 0 Å². The number of nitriles is 1. The molecular formula is C22H27N2O5P. The average Bonchev–Trinajstić information content (AvgIpc) is 2.70. The lowest BCUT2D eigenvalue weighted by molar-refractivity contribution is -0.128. The fourth-order valence-corrected chi connectivity index (χ4v) is 4.36. The van der Waals surface area contributed by atoms with Crippen LogP contribution in [0.4, 0.5) is 5.69 Å². The predicted molar refractivity (Wildman–Crippen MR) is 115 cm³/mol. The van der Waals surface area contributed by atoms with Gasteiger partial charge in [0.2, 0.25) is 0 Å². The number of carbonyl (C=O) groups is 1. The Morgan fingerprint density at radius 3 is 2.10 bits per heavy atom. The van der Waals surface area contributed by atoms with Crippen molar-refractivity contribution in [3.8, 4) is 11.8 Å². The minimum absolute atomic E-state index is 0.163. The van der Waals surface area contributed by atoms with Crippen LogP contribution < -0.4 is 10.1 Å². The molecule has 0 aliphatic carbocycles. The van der Waals surface area contributed by atoms with Crippen molar-refractivity contribution >= 4 is 19.2 Å². The Morgan fingerprint density at radius 1 is 1.03 bits per heavy atom. The number of benzene rings is 2. The summed E-state index contributed by atoms with van der Waals surface area (Å²) < 4.78 is 29.1. The lowest BCUT2D eigenvalue weighted by atomic mass is 10.1. The molecule has 0 bridgehead atoms. The Bertz CT molecular complexity index is 923. The molecule has 2 aromatic rings. The maximum Gasteiger partial charge on any atom is 0.335 e. The number of nitrogens with one attached hydrogen (secondary N) is 1. The topological polar surface area (TPSA) is 97.6 Å². The Kier molecular flexibility index (Phi) is 8.19. The molecule has 8 heteroatoms. The normalized spacial score (nSPS) is 11.6. The fourth-order valence-electron chi connectivity index (χ4n) is 2.66. The second kappa shape index (κ2) is 10.4. The van der Waals surface area contributed by atoms with Gasteiger partial charge in [0.25, 0.3) is 5.91 Å². The molecule has 0 spiro atoms. The van der Waals surface area contributed by atoms with Gasteiger partial charge >= 0.3 is 7.60 Å². The second-order valence-corrected chi connectivity index (χ2v) is 9.06. The monoisotopic (exact) mass is 430 g/mol. The summed E-state index contributed by atoms with van der Waals surface area (Å²) in [5, 5.41) is 11.7. The summed E-state index contributed by atoms with van der Waals surface area (Å²) in [6.45, 7) is 7.47. The van der Waals surface area contributed by atoms with Crippen LogP contribution in [0.5, 0.6) is 5.75 Å². The molecule has 0 unspecified atom stereocenters. The number of carbonyl (C=O) groups excluding carboxylic acids is 1. The molecule has 1 amide bonds. The van der Waals surface area contributed by atoms with Crippen LogP contribution in [0.1, 0.15) is 38.8 Å². The Morgan fingerprint density at radius 2 is 1.60 bits per heavy atom. The quantitative estimate of drug-likeness (QED) is 0.526. The lowest BCUT2D eigenvalue weighted by Gasteiger charge is -2.25. The van der Waals surface area contributed by atoms with E-state index in [9.17, 15) is 9.36 Å². The van der Waals surface area contributed by atoms with Crippen molar-refractivity contribution in [3.63, 3.8) is 0 Å². The van der Waals surface area contributed by atoms with Crippen LogP contribution in [0.3, 0.4) is 0 Å². The van der Waals surface area contributed by atoms with E-state index in [4.69, 9.17) is 19.0 Å². The average molecular weight is 430 g/mol. The van der Waals surface area contributed by atoms with E-state index in [2.05, 4.69) is 5.32 Å². The van der Waals surface area contributed by atoms with Gasteiger partial charge in [0.05, 0.1) is 31.0 Å². The van der Waals surface area contributed by atoms with Crippen LogP contribution in [0.15, 0.2) is 48.5 Å². The highest BCUT2D eigenvalue weighted by atomic mass is 31.2. The van der Waals surface area contributed by atoms with Crippen molar-refractivity contribution in [2.75, 3.05) is 18.5 Å². The molecule has 1 N–H and O–H groups in total. The lowest BCUT2D eigenvalue weighted by Crippen LogP contribution is -2.42. The summed E-state index contributed by atoms with van der Waals surface area (Å²) in [6, 6.07) is 15.6. The van der Waals surface area contributed by atoms with Gasteiger partial charge in [-0.2, -0.15) is 5.26 Å². The van der Waals surface area contributed by atoms with Gasteiger partial charge in [0, 0.05) is 5.69 Å². The largest absolute Gasteiger partial charge is 0.478 e. The van der Waals surface area contributed by atoms with E-state index in [0.29, 0.717) is 30.2 Å². The molecule has 0 aliphatic rings. The predicted octanol–water partition coefficient (Wildman–Crippen LogP) is 5.12. The van der Waals surface area contributed by atoms with E-state index in [0.717, 1.165) is 5.56 Å². The summed E-state index contributed by atoms with van der Waals surface area (Å²) in [6.07, 6.45) is 0.163. The maximum atomic E-state index is 12.7. The molecule has 2 rings (SSSR count). The molecule has 0 saturated carbocycles. The molecule has 0 radical (unpaired) electrons. The van der Waals surface area contributed by atoms with E-state index in [-0.39, 0.29) is 12.1 Å². The Hall–Kier alpha value is -2.65. The van der Waals surface area contributed by atoms with Crippen molar-refractivity contribution in [1.29, 1.82) is 5.26 Å². The maximum absolute atomic E-state index is 12.7. The molecule has 0 aliphatic heterocycles. The van der Waals surface area contributed by atoms with Gasteiger partial charge in [0.15, 0.2) is 5.60 Å². The SMILES string of the molecule is CCOP(=O)(Cc1ccc(NC(=O)C(C)(C)Oc2ccc(C#N)cc2)cc1)OCC. The van der Waals surface area contributed by atoms with Crippen molar-refractivity contribution in [2.24, 2.45) is 0 Å². The van der Waals surface area contributed by atoms with E-state index < -0.39 is 13.2 Å². The van der Waals surface area contributed by atoms with E-state index >= 15 is 0 Å². The minimum Gasteiger partial charge on any atom is -0.478 e. The number of hydrogen-bond acceptors (Lipinski definition) is 6. The van der Waals surface area contributed by atoms with Gasteiger partial charge in [-0.05, 0) is 69.7 Å². The smallest absolute Gasteiger partial charge is 0.335 e. The van der Waals surface area contributed by atoms with E-state index in [1.807, 2.05) is 6.07 Å². The van der Waals surface area contributed by atoms with Crippen LogP contribution in [-0.4, -0.2) is 24.7 Å². The minimum atomic E-state index is -3.18. The molecule has 0 heterocycles. The highest BCUT2D eigenvalue weighted by Crippen LogP contribution is 2.51. The van der Waals surface area contributed by atoms with Crippen molar-refractivity contribution in [2.45, 2.75) is 39.5 Å². The molecule has 0 saturated heterocycles. The molecule has 160 valence electrons. The summed E-state index contributed by atoms with van der Waals surface area (Å²) in [7, 11) is -3.18. The summed E-state index contributed by atoms with van der Waals surface area (Å²) in [4.78, 5) is 12.7. The Labute approximate surface area is 177 Å². The molecule has 0 fully saturated rings. The van der Waals surface area contributed by atoms with Crippen molar-refractivity contribution in [3.05, 3.63) is 59.7 Å². The first-order valence-corrected chi connectivity index (χ1v) is 11.4. The van der Waals surface area contributed by atoms with Gasteiger partial charge < -0.3 is 19.1 Å². The molecule has 2 aromatic carbocycles. The number of hydrogen-bond donors (Lipinski definition) is 1. The number of amides is 1. The third-order valence-electron chi connectivity index (χ3n) is 4.14. The molecule has 30 heavy (non-hydrogen) atoms. The van der Waals surface area contributed by atoms with Crippen molar-refractivity contribution in [1.82, 2.24) is 0 Å². The van der Waals surface area contributed by atoms with Crippen LogP contribution in [0.2, 0.25) is 0 Å². The zero-order valence-corrected chi connectivity index (χ0v) is 18.6. The summed E-state index contributed by atoms with van der Waals surface area (Å²) >= 11 is 0. The van der Waals surface area contributed by atoms with E-state index in [1.54, 1.807) is 76.2 Å². The fraction of sp³-hybridized carbons (Fsp3) is 0.364. The summed E-state index contributed by atoms with van der Waals surface area (Å²) in [5.74, 6) is 0.168. The number of nitrogens with zero attached hydrogens (tertiary/aromatic N) is 1. The van der Waals surface area contributed by atoms with Gasteiger partial charge in [-0.1, -0.05) is 12.1 Å². The standard InChI is InChI=1S/C22H27N2O5P/c1-5-27-30(26,28-6-2)16-18-7-11-19(12-8-18)24-21(25)22(3,4)29-20-13-9-17(15-23)10-14-20/h7-14H,5-6,16H2,1-4H3,(H,24,25). The summed E-state index contributed by atoms with van der Waals surface area (Å²) in [5.41, 5.74) is 0.754. The third kappa shape index (κ3) is 6.70. The van der Waals surface area contributed by atoms with E-state index in [1.165, 1.54) is 0 Å². The van der Waals surface area contributed by atoms with Crippen LogP contribution in [0.25, 0.3) is 0 Å². The molecule has 0 atom stereocenters. The molecule has 0 aromatic heterocycles. The Balaban J connectivity index is 2.02. The van der Waals surface area contributed by atoms with Crippen LogP contribution in [-0.2, 0) is 24.6 Å². The second-order valence-electron chi connectivity index (χ2n) is 7.00. The number of rotatable bonds is 10. The van der Waals surface area contributed by atoms with Crippen LogP contribution in [0, 0.1) is 11.3 Å². The highest BCUT2D eigenvalue weighted by Gasteiger charge is 2.30. The van der Waals surface area contributed by atoms with Crippen LogP contribution >= 0.6 is 7.60 Å². The van der Waals surface area contributed by atoms with Gasteiger partial charge in [-0.15, -0.1) is 0 Å². The van der Waals surface area contributed by atoms with Gasteiger partial charge in [0.1, 0.15) is 5.75 Å². The first-order valence-electron chi connectivity index (χ1n) is 9.69. The third-order valence-corrected chi connectivity index (χ3v) is 6.20. The number of ether oxygens (including phenoxy) is 1. The molecule has 7 nitrogen and oxygen atoms in total. The first kappa shape index (κ1) is 23.6. The molecular weight excluding hydrogens is 403 g/mol. The number of anilines is 1. The zero-order valence-electron chi connectivity index (χ0n) is 17.7. The van der Waals surface area contributed by atoms with Gasteiger partial charge in [-0.3, -0.25) is 9.36 Å². The zero-order chi connectivity index (χ0) is 22.2. The van der Waals surface area contributed by atoms with Crippen molar-refractivity contribution < 1.29 is 23.1 Å².